The van der Waals surface area contributed by atoms with Crippen molar-refractivity contribution in [2.24, 2.45) is 5.41 Å². The Balaban J connectivity index is 2.09. The van der Waals surface area contributed by atoms with Gasteiger partial charge in [0.15, 0.2) is 0 Å². The number of hydrogen-bond donors (Lipinski definition) is 1. The second kappa shape index (κ2) is 5.13. The van der Waals surface area contributed by atoms with Crippen LogP contribution in [0.5, 0.6) is 0 Å². The van der Waals surface area contributed by atoms with Gasteiger partial charge in [-0.3, -0.25) is 0 Å². The molecule has 1 heterocycles. The quantitative estimate of drug-likeness (QED) is 0.868. The number of rotatable bonds is 4. The molecule has 1 aliphatic rings. The number of nitrogens with zero attached hydrogens (tertiary/aromatic N) is 2. The molecule has 1 aliphatic carbocycles. The van der Waals surface area contributed by atoms with Crippen LogP contribution in [0.25, 0.3) is 0 Å². The normalized spacial score (nSPS) is 25.6. The molecule has 0 bridgehead atoms. The first-order chi connectivity index (χ1) is 8.47. The van der Waals surface area contributed by atoms with Crippen molar-refractivity contribution in [1.82, 2.24) is 9.97 Å². The van der Waals surface area contributed by atoms with E-state index in [1.165, 1.54) is 0 Å². The molecule has 1 fully saturated rings. The first-order valence-corrected chi connectivity index (χ1v) is 7.09. The summed E-state index contributed by atoms with van der Waals surface area (Å²) in [7, 11) is 1.78. The van der Waals surface area contributed by atoms with Gasteiger partial charge in [-0.15, -0.1) is 0 Å². The number of ether oxygens (including phenoxy) is 1. The summed E-state index contributed by atoms with van der Waals surface area (Å²) in [5, 5.41) is 3.49. The van der Waals surface area contributed by atoms with E-state index in [1.54, 1.807) is 7.11 Å². The maximum atomic E-state index is 5.46. The topological polar surface area (TPSA) is 47.0 Å². The zero-order valence-electron chi connectivity index (χ0n) is 11.3. The minimum Gasteiger partial charge on any atom is -0.381 e. The number of nitrogens with one attached hydrogen (secondary N) is 1. The fourth-order valence-corrected chi connectivity index (χ4v) is 2.83. The molecule has 2 atom stereocenters. The van der Waals surface area contributed by atoms with Crippen LogP contribution in [-0.2, 0) is 11.2 Å². The van der Waals surface area contributed by atoms with Gasteiger partial charge in [0.05, 0.1) is 6.10 Å². The summed E-state index contributed by atoms with van der Waals surface area (Å²) in [6, 6.07) is 2.32. The highest BCUT2D eigenvalue weighted by atomic mass is 79.9. The van der Waals surface area contributed by atoms with Gasteiger partial charge in [0, 0.05) is 31.1 Å². The number of halogens is 1. The van der Waals surface area contributed by atoms with E-state index in [4.69, 9.17) is 4.74 Å². The Morgan fingerprint density at radius 3 is 2.78 bits per heavy atom. The average Bonchev–Trinajstić information content (AvgIpc) is 2.33. The van der Waals surface area contributed by atoms with Crippen LogP contribution in [0, 0.1) is 5.41 Å². The highest BCUT2D eigenvalue weighted by Crippen LogP contribution is 2.43. The van der Waals surface area contributed by atoms with Gasteiger partial charge in [0.25, 0.3) is 0 Å². The molecule has 1 N–H and O–H groups in total. The zero-order valence-corrected chi connectivity index (χ0v) is 12.9. The number of methoxy groups -OCH3 is 1. The summed E-state index contributed by atoms with van der Waals surface area (Å²) in [6.45, 7) is 6.50. The molecular formula is C13H20BrN3O. The van der Waals surface area contributed by atoms with Gasteiger partial charge in [-0.05, 0) is 22.4 Å². The molecule has 18 heavy (non-hydrogen) atoms. The summed E-state index contributed by atoms with van der Waals surface area (Å²) in [5.41, 5.74) is 0.137. The third-order valence-corrected chi connectivity index (χ3v) is 4.25. The largest absolute Gasteiger partial charge is 0.381 e. The minimum absolute atomic E-state index is 0.137. The van der Waals surface area contributed by atoms with Crippen LogP contribution in [-0.4, -0.2) is 29.2 Å². The molecule has 0 saturated heterocycles. The smallest absolute Gasteiger partial charge is 0.131 e. The number of aryl methyl sites for hydroxylation is 1. The van der Waals surface area contributed by atoms with E-state index in [-0.39, 0.29) is 5.41 Å². The predicted molar refractivity (Wildman–Crippen MR) is 75.7 cm³/mol. The Bertz CT molecular complexity index is 436. The van der Waals surface area contributed by atoms with Crippen molar-refractivity contribution in [1.29, 1.82) is 0 Å². The van der Waals surface area contributed by atoms with Gasteiger partial charge in [-0.2, -0.15) is 0 Å². The van der Waals surface area contributed by atoms with Crippen LogP contribution in [0.4, 0.5) is 5.82 Å². The third kappa shape index (κ3) is 2.52. The molecule has 2 unspecified atom stereocenters. The van der Waals surface area contributed by atoms with Crippen LogP contribution in [0.1, 0.15) is 33.0 Å². The Morgan fingerprint density at radius 2 is 2.22 bits per heavy atom. The molecule has 0 radical (unpaired) electrons. The lowest BCUT2D eigenvalue weighted by Gasteiger charge is -2.51. The van der Waals surface area contributed by atoms with Crippen LogP contribution < -0.4 is 5.32 Å². The number of anilines is 1. The highest BCUT2D eigenvalue weighted by Gasteiger charge is 2.48. The van der Waals surface area contributed by atoms with E-state index in [0.717, 1.165) is 29.1 Å². The Morgan fingerprint density at radius 1 is 1.50 bits per heavy atom. The van der Waals surface area contributed by atoms with Crippen LogP contribution in [0.2, 0.25) is 0 Å². The van der Waals surface area contributed by atoms with Crippen LogP contribution in [0.15, 0.2) is 10.7 Å². The fourth-order valence-electron chi connectivity index (χ4n) is 2.41. The molecule has 1 saturated carbocycles. The number of hydrogen-bond acceptors (Lipinski definition) is 4. The monoisotopic (exact) mass is 313 g/mol. The lowest BCUT2D eigenvalue weighted by molar-refractivity contribution is -0.0795. The van der Waals surface area contributed by atoms with Crippen molar-refractivity contribution >= 4 is 21.7 Å². The summed E-state index contributed by atoms with van der Waals surface area (Å²) in [4.78, 5) is 8.81. The van der Waals surface area contributed by atoms with Gasteiger partial charge in [-0.1, -0.05) is 20.8 Å². The maximum Gasteiger partial charge on any atom is 0.131 e. The standard InChI is InChI=1S/C13H20BrN3O/c1-5-11-16-10(14)7-12(17-11)15-8-6-9(18-4)13(8,2)3/h7-9H,5-6H2,1-4H3,(H,15,16,17). The molecular weight excluding hydrogens is 294 g/mol. The second-order valence-corrected chi connectivity index (χ2v) is 6.14. The molecule has 0 aliphatic heterocycles. The first-order valence-electron chi connectivity index (χ1n) is 6.30. The van der Waals surface area contributed by atoms with Gasteiger partial charge in [-0.25, -0.2) is 9.97 Å². The van der Waals surface area contributed by atoms with Crippen molar-refractivity contribution in [3.8, 4) is 0 Å². The lowest BCUT2D eigenvalue weighted by atomic mass is 9.64. The molecule has 5 heteroatoms. The van der Waals surface area contributed by atoms with E-state index in [2.05, 4.69) is 52.0 Å². The van der Waals surface area contributed by atoms with Crippen molar-refractivity contribution in [3.63, 3.8) is 0 Å². The van der Waals surface area contributed by atoms with Gasteiger partial charge < -0.3 is 10.1 Å². The summed E-state index contributed by atoms with van der Waals surface area (Å²) in [5.74, 6) is 1.74. The molecule has 1 aromatic heterocycles. The number of aromatic nitrogens is 2. The predicted octanol–water partition coefficient (Wildman–Crippen LogP) is 3.03. The van der Waals surface area contributed by atoms with Gasteiger partial charge in [0.1, 0.15) is 16.2 Å². The average molecular weight is 314 g/mol. The molecule has 1 aromatic rings. The van der Waals surface area contributed by atoms with E-state index < -0.39 is 0 Å². The fraction of sp³-hybridized carbons (Fsp3) is 0.692. The van der Waals surface area contributed by atoms with Crippen molar-refractivity contribution in [3.05, 3.63) is 16.5 Å². The van der Waals surface area contributed by atoms with E-state index in [1.807, 2.05) is 6.07 Å². The van der Waals surface area contributed by atoms with Crippen molar-refractivity contribution in [2.45, 2.75) is 45.8 Å². The van der Waals surface area contributed by atoms with Crippen LogP contribution >= 0.6 is 15.9 Å². The molecule has 0 amide bonds. The summed E-state index contributed by atoms with van der Waals surface area (Å²) >= 11 is 3.42. The van der Waals surface area contributed by atoms with Crippen LogP contribution in [0.3, 0.4) is 0 Å². The van der Waals surface area contributed by atoms with E-state index in [9.17, 15) is 0 Å². The molecule has 0 spiro atoms. The summed E-state index contributed by atoms with van der Waals surface area (Å²) in [6.07, 6.45) is 2.18. The van der Waals surface area contributed by atoms with Gasteiger partial charge >= 0.3 is 0 Å². The SMILES string of the molecule is CCc1nc(Br)cc(NC2CC(OC)C2(C)C)n1. The van der Waals surface area contributed by atoms with Crippen molar-refractivity contribution < 1.29 is 4.74 Å². The highest BCUT2D eigenvalue weighted by molar-refractivity contribution is 9.10. The van der Waals surface area contributed by atoms with E-state index >= 15 is 0 Å². The van der Waals surface area contributed by atoms with E-state index in [0.29, 0.717) is 12.1 Å². The zero-order chi connectivity index (χ0) is 13.3. The Kier molecular flexibility index (Phi) is 3.92. The third-order valence-electron chi connectivity index (χ3n) is 3.84. The van der Waals surface area contributed by atoms with Crippen molar-refractivity contribution in [2.75, 3.05) is 12.4 Å². The Hall–Kier alpha value is -0.680. The minimum atomic E-state index is 0.137. The Labute approximate surface area is 117 Å². The molecule has 100 valence electrons. The summed E-state index contributed by atoms with van der Waals surface area (Å²) < 4.78 is 6.29. The van der Waals surface area contributed by atoms with Gasteiger partial charge in [0.2, 0.25) is 0 Å². The molecule has 4 nitrogen and oxygen atoms in total. The second-order valence-electron chi connectivity index (χ2n) is 5.32. The maximum absolute atomic E-state index is 5.46. The molecule has 2 rings (SSSR count). The lowest BCUT2D eigenvalue weighted by Crippen LogP contribution is -2.57. The first kappa shape index (κ1) is 13.7. The molecule has 0 aromatic carbocycles.